The molecule has 1 fully saturated rings. The van der Waals surface area contributed by atoms with Crippen molar-refractivity contribution in [3.8, 4) is 6.07 Å². The third kappa shape index (κ3) is 3.51. The summed E-state index contributed by atoms with van der Waals surface area (Å²) in [6.07, 6.45) is 3.64. The molecule has 1 amide bonds. The van der Waals surface area contributed by atoms with E-state index in [-0.39, 0.29) is 5.91 Å². The summed E-state index contributed by atoms with van der Waals surface area (Å²) in [7, 11) is 0. The molecule has 3 heterocycles. The van der Waals surface area contributed by atoms with Crippen molar-refractivity contribution in [1.29, 1.82) is 5.26 Å². The van der Waals surface area contributed by atoms with E-state index in [2.05, 4.69) is 30.9 Å². The van der Waals surface area contributed by atoms with Crippen LogP contribution in [0.5, 0.6) is 0 Å². The molecule has 8 heteroatoms. The Hall–Kier alpha value is -2.53. The Morgan fingerprint density at radius 2 is 2.29 bits per heavy atom. The fourth-order valence-corrected chi connectivity index (χ4v) is 3.42. The van der Waals surface area contributed by atoms with Crippen LogP contribution < -0.4 is 10.2 Å². The molecule has 7 nitrogen and oxygen atoms in total. The minimum absolute atomic E-state index is 0.0959. The molecule has 0 spiro atoms. The third-order valence-corrected chi connectivity index (χ3v) is 5.06. The molecular weight excluding hydrogens is 324 g/mol. The zero-order valence-corrected chi connectivity index (χ0v) is 14.2. The average molecular weight is 342 g/mol. The van der Waals surface area contributed by atoms with Crippen LogP contribution in [-0.4, -0.2) is 40.1 Å². The Labute approximate surface area is 144 Å². The number of rotatable bonds is 4. The number of piperidine rings is 1. The van der Waals surface area contributed by atoms with E-state index in [9.17, 15) is 10.1 Å². The first-order chi connectivity index (χ1) is 11.7. The fraction of sp³-hybridized carbons (Fsp3) is 0.438. The van der Waals surface area contributed by atoms with Crippen molar-refractivity contribution in [1.82, 2.24) is 19.9 Å². The number of carbonyl (C=O) groups excluding carboxylic acids is 1. The third-order valence-electron chi connectivity index (χ3n) is 4.23. The van der Waals surface area contributed by atoms with Gasteiger partial charge < -0.3 is 10.2 Å². The van der Waals surface area contributed by atoms with Gasteiger partial charge in [0.15, 0.2) is 0 Å². The lowest BCUT2D eigenvalue weighted by atomic mass is 9.96. The first-order valence-electron chi connectivity index (χ1n) is 7.86. The summed E-state index contributed by atoms with van der Waals surface area (Å²) in [6, 6.07) is 5.76. The standard InChI is InChI=1S/C16H18N6OS/c1-11-14(24-21-20-11)16(23)19-10-12-4-7-22(8-5-12)15-13(9-17)3-2-6-18-15/h2-3,6,12H,4-5,7-8,10H2,1H3,(H,19,23). The number of hydrogen-bond acceptors (Lipinski definition) is 7. The van der Waals surface area contributed by atoms with Gasteiger partial charge in [-0.2, -0.15) is 5.26 Å². The highest BCUT2D eigenvalue weighted by Crippen LogP contribution is 2.24. The lowest BCUT2D eigenvalue weighted by Gasteiger charge is -2.33. The summed E-state index contributed by atoms with van der Waals surface area (Å²) >= 11 is 1.13. The van der Waals surface area contributed by atoms with Gasteiger partial charge in [-0.3, -0.25) is 4.79 Å². The predicted octanol–water partition coefficient (Wildman–Crippen LogP) is 1.76. The highest BCUT2D eigenvalue weighted by atomic mass is 32.1. The summed E-state index contributed by atoms with van der Waals surface area (Å²) in [5.74, 6) is 1.09. The van der Waals surface area contributed by atoms with E-state index in [0.29, 0.717) is 28.6 Å². The van der Waals surface area contributed by atoms with Crippen molar-refractivity contribution in [2.45, 2.75) is 19.8 Å². The largest absolute Gasteiger partial charge is 0.356 e. The molecule has 0 atom stereocenters. The summed E-state index contributed by atoms with van der Waals surface area (Å²) in [6.45, 7) is 4.12. The van der Waals surface area contributed by atoms with E-state index in [1.807, 2.05) is 0 Å². The molecule has 0 radical (unpaired) electrons. The van der Waals surface area contributed by atoms with Gasteiger partial charge in [-0.05, 0) is 49.3 Å². The summed E-state index contributed by atoms with van der Waals surface area (Å²) in [5, 5.41) is 16.0. The molecule has 0 saturated carbocycles. The smallest absolute Gasteiger partial charge is 0.264 e. The molecule has 0 aliphatic carbocycles. The summed E-state index contributed by atoms with van der Waals surface area (Å²) in [4.78, 5) is 19.2. The molecule has 0 aromatic carbocycles. The van der Waals surface area contributed by atoms with Crippen molar-refractivity contribution in [2.24, 2.45) is 5.92 Å². The Balaban J connectivity index is 1.52. The molecule has 124 valence electrons. The summed E-state index contributed by atoms with van der Waals surface area (Å²) in [5.41, 5.74) is 1.28. The second-order valence-corrected chi connectivity index (χ2v) is 6.57. The van der Waals surface area contributed by atoms with Crippen LogP contribution >= 0.6 is 11.5 Å². The monoisotopic (exact) mass is 342 g/mol. The number of aromatic nitrogens is 3. The number of anilines is 1. The van der Waals surface area contributed by atoms with Crippen molar-refractivity contribution in [2.75, 3.05) is 24.5 Å². The number of pyridine rings is 1. The number of carbonyl (C=O) groups is 1. The van der Waals surface area contributed by atoms with E-state index >= 15 is 0 Å². The molecule has 24 heavy (non-hydrogen) atoms. The van der Waals surface area contributed by atoms with Crippen molar-refractivity contribution >= 4 is 23.3 Å². The lowest BCUT2D eigenvalue weighted by Crippen LogP contribution is -2.39. The maximum absolute atomic E-state index is 12.1. The normalized spacial score (nSPS) is 15.1. The van der Waals surface area contributed by atoms with Crippen LogP contribution in [0, 0.1) is 24.2 Å². The maximum Gasteiger partial charge on any atom is 0.264 e. The van der Waals surface area contributed by atoms with E-state index in [1.54, 1.807) is 25.3 Å². The molecule has 1 saturated heterocycles. The molecule has 1 aliphatic heterocycles. The quantitative estimate of drug-likeness (QED) is 0.910. The highest BCUT2D eigenvalue weighted by molar-refractivity contribution is 7.07. The van der Waals surface area contributed by atoms with E-state index in [1.165, 1.54) is 0 Å². The molecule has 2 aromatic heterocycles. The van der Waals surface area contributed by atoms with Crippen LogP contribution in [-0.2, 0) is 0 Å². The van der Waals surface area contributed by atoms with Gasteiger partial charge in [0.25, 0.3) is 5.91 Å². The Kier molecular flexibility index (Phi) is 5.01. The van der Waals surface area contributed by atoms with Crippen LogP contribution in [0.3, 0.4) is 0 Å². The van der Waals surface area contributed by atoms with Gasteiger partial charge in [-0.1, -0.05) is 4.49 Å². The number of hydrogen-bond donors (Lipinski definition) is 1. The van der Waals surface area contributed by atoms with Crippen molar-refractivity contribution in [3.05, 3.63) is 34.5 Å². The van der Waals surface area contributed by atoms with Crippen molar-refractivity contribution < 1.29 is 4.79 Å². The van der Waals surface area contributed by atoms with E-state index < -0.39 is 0 Å². The lowest BCUT2D eigenvalue weighted by molar-refractivity contribution is 0.0948. The topological polar surface area (TPSA) is 94.8 Å². The Morgan fingerprint density at radius 3 is 2.96 bits per heavy atom. The number of amides is 1. The highest BCUT2D eigenvalue weighted by Gasteiger charge is 2.23. The first-order valence-corrected chi connectivity index (χ1v) is 8.63. The van der Waals surface area contributed by atoms with Gasteiger partial charge in [-0.25, -0.2) is 4.98 Å². The molecule has 3 rings (SSSR count). The Morgan fingerprint density at radius 1 is 1.50 bits per heavy atom. The van der Waals surface area contributed by atoms with Crippen LogP contribution in [0.25, 0.3) is 0 Å². The minimum atomic E-state index is -0.0959. The van der Waals surface area contributed by atoms with Crippen LogP contribution in [0.1, 0.15) is 33.8 Å². The molecule has 1 aliphatic rings. The van der Waals surface area contributed by atoms with Gasteiger partial charge >= 0.3 is 0 Å². The zero-order chi connectivity index (χ0) is 16.9. The average Bonchev–Trinajstić information content (AvgIpc) is 3.06. The van der Waals surface area contributed by atoms with E-state index in [4.69, 9.17) is 0 Å². The van der Waals surface area contributed by atoms with Gasteiger partial charge in [0.2, 0.25) is 0 Å². The second-order valence-electron chi connectivity index (χ2n) is 5.81. The number of nitriles is 1. The van der Waals surface area contributed by atoms with Crippen LogP contribution in [0.2, 0.25) is 0 Å². The molecular formula is C16H18N6OS. The Bertz CT molecular complexity index is 760. The van der Waals surface area contributed by atoms with Gasteiger partial charge in [0.05, 0.1) is 11.3 Å². The first kappa shape index (κ1) is 16.3. The van der Waals surface area contributed by atoms with Crippen LogP contribution in [0.4, 0.5) is 5.82 Å². The molecule has 1 N–H and O–H groups in total. The molecule has 0 unspecified atom stereocenters. The fourth-order valence-electron chi connectivity index (χ4n) is 2.84. The van der Waals surface area contributed by atoms with Crippen molar-refractivity contribution in [3.63, 3.8) is 0 Å². The van der Waals surface area contributed by atoms with Gasteiger partial charge in [0.1, 0.15) is 16.8 Å². The number of aryl methyl sites for hydroxylation is 1. The molecule has 0 bridgehead atoms. The molecule has 2 aromatic rings. The van der Waals surface area contributed by atoms with Gasteiger partial charge in [-0.15, -0.1) is 5.10 Å². The zero-order valence-electron chi connectivity index (χ0n) is 13.4. The number of nitrogens with one attached hydrogen (secondary N) is 1. The predicted molar refractivity (Wildman–Crippen MR) is 90.9 cm³/mol. The number of nitrogens with zero attached hydrogens (tertiary/aromatic N) is 5. The van der Waals surface area contributed by atoms with E-state index in [0.717, 1.165) is 43.3 Å². The minimum Gasteiger partial charge on any atom is -0.356 e. The van der Waals surface area contributed by atoms with Crippen LogP contribution in [0.15, 0.2) is 18.3 Å². The summed E-state index contributed by atoms with van der Waals surface area (Å²) < 4.78 is 3.79. The SMILES string of the molecule is Cc1nnsc1C(=O)NCC1CCN(c2ncccc2C#N)CC1. The van der Waals surface area contributed by atoms with Gasteiger partial charge in [0, 0.05) is 25.8 Å². The maximum atomic E-state index is 12.1. The second kappa shape index (κ2) is 7.36.